The topological polar surface area (TPSA) is 69.7 Å². The van der Waals surface area contributed by atoms with E-state index >= 15 is 0 Å². The summed E-state index contributed by atoms with van der Waals surface area (Å²) in [4.78, 5) is 36.2. The third-order valence-corrected chi connectivity index (χ3v) is 4.98. The molecule has 0 saturated heterocycles. The van der Waals surface area contributed by atoms with Gasteiger partial charge in [-0.25, -0.2) is 4.79 Å². The number of hydrogen-bond donors (Lipinski definition) is 0. The zero-order chi connectivity index (χ0) is 18.8. The Morgan fingerprint density at radius 1 is 1.04 bits per heavy atom. The van der Waals surface area contributed by atoms with Gasteiger partial charge in [0.15, 0.2) is 18.2 Å². The summed E-state index contributed by atoms with van der Waals surface area (Å²) in [6, 6.07) is 10.2. The van der Waals surface area contributed by atoms with Gasteiger partial charge >= 0.3 is 5.97 Å². The lowest BCUT2D eigenvalue weighted by Crippen LogP contribution is -2.13. The van der Waals surface area contributed by atoms with Crippen LogP contribution in [-0.4, -0.2) is 31.3 Å². The predicted molar refractivity (Wildman–Crippen MR) is 102 cm³/mol. The molecule has 0 amide bonds. The first-order chi connectivity index (χ1) is 12.4. The van der Waals surface area contributed by atoms with Crippen LogP contribution in [0.1, 0.15) is 26.3 Å². The fourth-order valence-corrected chi connectivity index (χ4v) is 4.01. The van der Waals surface area contributed by atoms with Crippen LogP contribution < -0.4 is 4.74 Å². The summed E-state index contributed by atoms with van der Waals surface area (Å²) in [5, 5.41) is 0. The van der Waals surface area contributed by atoms with Gasteiger partial charge in [-0.1, -0.05) is 24.3 Å². The van der Waals surface area contributed by atoms with E-state index in [0.29, 0.717) is 31.4 Å². The Morgan fingerprint density at radius 2 is 1.58 bits per heavy atom. The molecule has 0 unspecified atom stereocenters. The molecule has 0 atom stereocenters. The maximum Gasteiger partial charge on any atom is 0.343 e. The average molecular weight is 480 g/mol. The smallest absolute Gasteiger partial charge is 0.343 e. The largest absolute Gasteiger partial charge is 0.480 e. The lowest BCUT2D eigenvalue weighted by molar-refractivity contribution is -0.142. The molecular formula is C19H12Br2O5. The summed E-state index contributed by atoms with van der Waals surface area (Å²) in [5.41, 5.74) is 1.59. The molecule has 2 aromatic carbocycles. The van der Waals surface area contributed by atoms with E-state index in [9.17, 15) is 14.4 Å². The normalized spacial score (nSPS) is 12.8. The molecule has 0 N–H and O–H groups in total. The summed E-state index contributed by atoms with van der Waals surface area (Å²) in [6.07, 6.45) is 1.55. The second-order valence-electron chi connectivity index (χ2n) is 5.44. The first kappa shape index (κ1) is 18.5. The highest BCUT2D eigenvalue weighted by atomic mass is 79.9. The highest BCUT2D eigenvalue weighted by Gasteiger charge is 2.32. The Hall–Kier alpha value is -2.25. The Bertz CT molecular complexity index is 902. The molecule has 0 bridgehead atoms. The molecule has 0 heterocycles. The van der Waals surface area contributed by atoms with E-state index in [1.54, 1.807) is 42.5 Å². The van der Waals surface area contributed by atoms with Crippen molar-refractivity contribution in [3.05, 3.63) is 67.6 Å². The number of allylic oxidation sites excluding steroid dienone is 1. The fourth-order valence-electron chi connectivity index (χ4n) is 2.56. The number of esters is 1. The van der Waals surface area contributed by atoms with Crippen molar-refractivity contribution in [2.24, 2.45) is 0 Å². The minimum atomic E-state index is -0.505. The lowest BCUT2D eigenvalue weighted by atomic mass is 10.1. The molecule has 26 heavy (non-hydrogen) atoms. The quantitative estimate of drug-likeness (QED) is 0.373. The summed E-state index contributed by atoms with van der Waals surface area (Å²) >= 11 is 6.74. The average Bonchev–Trinajstić information content (AvgIpc) is 2.86. The Morgan fingerprint density at radius 3 is 2.08 bits per heavy atom. The standard InChI is InChI=1S/C19H12Br2O5/c1-25-16(22)9-26-19-14(20)7-10(8-15(19)21)6-13-17(23)11-4-2-3-5-12(11)18(13)24/h2-8H,9H2,1H3. The summed E-state index contributed by atoms with van der Waals surface area (Å²) in [7, 11) is 1.28. The van der Waals surface area contributed by atoms with E-state index in [-0.39, 0.29) is 23.7 Å². The van der Waals surface area contributed by atoms with E-state index < -0.39 is 5.97 Å². The minimum absolute atomic E-state index is 0.119. The third-order valence-electron chi connectivity index (χ3n) is 3.80. The first-order valence-electron chi connectivity index (χ1n) is 7.51. The number of carbonyl (C=O) groups excluding carboxylic acids is 3. The third kappa shape index (κ3) is 3.50. The summed E-state index contributed by atoms with van der Waals surface area (Å²) < 4.78 is 11.1. The number of halogens is 2. The van der Waals surface area contributed by atoms with Crippen LogP contribution in [0.4, 0.5) is 0 Å². The molecule has 132 valence electrons. The molecule has 0 radical (unpaired) electrons. The molecule has 2 aromatic rings. The SMILES string of the molecule is COC(=O)COc1c(Br)cc(C=C2C(=O)c3ccccc3C2=O)cc1Br. The highest BCUT2D eigenvalue weighted by Crippen LogP contribution is 2.36. The number of benzene rings is 2. The fraction of sp³-hybridized carbons (Fsp3) is 0.105. The second kappa shape index (κ2) is 7.55. The predicted octanol–water partition coefficient (Wildman–Crippen LogP) is 4.23. The lowest BCUT2D eigenvalue weighted by Gasteiger charge is -2.10. The van der Waals surface area contributed by atoms with Crippen molar-refractivity contribution in [3.63, 3.8) is 0 Å². The van der Waals surface area contributed by atoms with Crippen molar-refractivity contribution in [1.29, 1.82) is 0 Å². The first-order valence-corrected chi connectivity index (χ1v) is 9.09. The van der Waals surface area contributed by atoms with Gasteiger partial charge in [-0.15, -0.1) is 0 Å². The molecule has 0 aromatic heterocycles. The zero-order valence-corrected chi connectivity index (χ0v) is 16.7. The number of Topliss-reactive ketones (excluding diaryl/α,β-unsaturated/α-hetero) is 2. The molecule has 0 saturated carbocycles. The molecular weight excluding hydrogens is 468 g/mol. The highest BCUT2D eigenvalue weighted by molar-refractivity contribution is 9.11. The number of fused-ring (bicyclic) bond motifs is 1. The maximum absolute atomic E-state index is 12.5. The van der Waals surface area contributed by atoms with Gasteiger partial charge in [0, 0.05) is 11.1 Å². The number of ketones is 2. The van der Waals surface area contributed by atoms with Crippen molar-refractivity contribution in [3.8, 4) is 5.75 Å². The van der Waals surface area contributed by atoms with E-state index in [2.05, 4.69) is 36.6 Å². The van der Waals surface area contributed by atoms with Gasteiger partial charge in [-0.2, -0.15) is 0 Å². The van der Waals surface area contributed by atoms with Crippen molar-refractivity contribution in [2.45, 2.75) is 0 Å². The minimum Gasteiger partial charge on any atom is -0.480 e. The number of hydrogen-bond acceptors (Lipinski definition) is 5. The van der Waals surface area contributed by atoms with Crippen LogP contribution in [0.2, 0.25) is 0 Å². The monoisotopic (exact) mass is 478 g/mol. The van der Waals surface area contributed by atoms with Gasteiger partial charge in [-0.3, -0.25) is 9.59 Å². The van der Waals surface area contributed by atoms with Gasteiger partial charge < -0.3 is 9.47 Å². The van der Waals surface area contributed by atoms with Crippen molar-refractivity contribution >= 4 is 55.5 Å². The summed E-state index contributed by atoms with van der Waals surface area (Å²) in [5.74, 6) is -0.660. The number of carbonyl (C=O) groups is 3. The van der Waals surface area contributed by atoms with Crippen LogP contribution >= 0.6 is 31.9 Å². The van der Waals surface area contributed by atoms with E-state index in [4.69, 9.17) is 4.74 Å². The zero-order valence-electron chi connectivity index (χ0n) is 13.5. The maximum atomic E-state index is 12.5. The van der Waals surface area contributed by atoms with E-state index in [1.165, 1.54) is 7.11 Å². The van der Waals surface area contributed by atoms with Crippen LogP contribution in [0.3, 0.4) is 0 Å². The van der Waals surface area contributed by atoms with Crippen LogP contribution in [0.5, 0.6) is 5.75 Å². The van der Waals surface area contributed by atoms with E-state index in [1.807, 2.05) is 0 Å². The van der Waals surface area contributed by atoms with Crippen LogP contribution in [0.25, 0.3) is 6.08 Å². The molecule has 5 nitrogen and oxygen atoms in total. The molecule has 0 aliphatic heterocycles. The van der Waals surface area contributed by atoms with Crippen molar-refractivity contribution in [1.82, 2.24) is 0 Å². The van der Waals surface area contributed by atoms with Crippen molar-refractivity contribution < 1.29 is 23.9 Å². The second-order valence-corrected chi connectivity index (χ2v) is 7.15. The van der Waals surface area contributed by atoms with Crippen LogP contribution in [-0.2, 0) is 9.53 Å². The Balaban J connectivity index is 1.92. The van der Waals surface area contributed by atoms with Crippen LogP contribution in [0, 0.1) is 0 Å². The van der Waals surface area contributed by atoms with Gasteiger partial charge in [0.1, 0.15) is 5.75 Å². The van der Waals surface area contributed by atoms with Gasteiger partial charge in [0.2, 0.25) is 0 Å². The van der Waals surface area contributed by atoms with Gasteiger partial charge in [0.25, 0.3) is 0 Å². The van der Waals surface area contributed by atoms with Crippen LogP contribution in [0.15, 0.2) is 50.9 Å². The van der Waals surface area contributed by atoms with E-state index in [0.717, 1.165) is 0 Å². The summed E-state index contributed by atoms with van der Waals surface area (Å²) in [6.45, 7) is -0.236. The molecule has 1 aliphatic carbocycles. The van der Waals surface area contributed by atoms with Gasteiger partial charge in [0.05, 0.1) is 21.6 Å². The number of ether oxygens (including phenoxy) is 2. The number of methoxy groups -OCH3 is 1. The Kier molecular flexibility index (Phi) is 5.38. The number of rotatable bonds is 4. The molecule has 7 heteroatoms. The molecule has 1 aliphatic rings. The van der Waals surface area contributed by atoms with Crippen molar-refractivity contribution in [2.75, 3.05) is 13.7 Å². The molecule has 0 spiro atoms. The molecule has 0 fully saturated rings. The molecule has 3 rings (SSSR count). The Labute approximate surface area is 166 Å². The van der Waals surface area contributed by atoms with Gasteiger partial charge in [-0.05, 0) is 55.6 Å².